The van der Waals surface area contributed by atoms with Crippen molar-refractivity contribution in [3.05, 3.63) is 42.5 Å². The van der Waals surface area contributed by atoms with E-state index < -0.39 is 0 Å². The van der Waals surface area contributed by atoms with E-state index >= 15 is 0 Å². The van der Waals surface area contributed by atoms with Crippen molar-refractivity contribution < 1.29 is 4.48 Å². The number of quaternary nitrogens is 1. The summed E-state index contributed by atoms with van der Waals surface area (Å²) in [4.78, 5) is 0. The monoisotopic (exact) mass is 261 g/mol. The topological polar surface area (TPSA) is 12.0 Å². The minimum atomic E-state index is 0.934. The van der Waals surface area contributed by atoms with Gasteiger partial charge in [-0.2, -0.15) is 0 Å². The highest BCUT2D eigenvalue weighted by molar-refractivity contribution is 6.08. The molecule has 0 amide bonds. The Morgan fingerprint density at radius 2 is 2.06 bits per heavy atom. The molecule has 0 fully saturated rings. The molecule has 0 spiro atoms. The maximum Gasteiger partial charge on any atom is 0.177 e. The molecule has 0 saturated carbocycles. The smallest absolute Gasteiger partial charge is 0.177 e. The van der Waals surface area contributed by atoms with E-state index in [1.54, 1.807) is 0 Å². The molecular weight excluding hydrogens is 236 g/mol. The number of nitrogens with zero attached hydrogens (tertiary/aromatic N) is 1. The van der Waals surface area contributed by atoms with Crippen LogP contribution in [-0.4, -0.2) is 48.5 Å². The number of allylic oxidation sites excluding steroid dienone is 5. The lowest BCUT2D eigenvalue weighted by atomic mass is 10.1. The first-order valence-corrected chi connectivity index (χ1v) is 7.44. The summed E-state index contributed by atoms with van der Waals surface area (Å²) in [6.07, 6.45) is 15.3. The normalized spacial score (nSPS) is 17.2. The largest absolute Gasteiger partial charge is 0.317 e. The van der Waals surface area contributed by atoms with Crippen LogP contribution in [0.5, 0.6) is 0 Å². The fourth-order valence-corrected chi connectivity index (χ4v) is 2.13. The van der Waals surface area contributed by atoms with Crippen LogP contribution < -0.4 is 5.32 Å². The molecule has 0 aromatic rings. The van der Waals surface area contributed by atoms with Crippen LogP contribution in [0.4, 0.5) is 0 Å². The zero-order valence-electron chi connectivity index (χ0n) is 11.7. The van der Waals surface area contributed by atoms with Crippen molar-refractivity contribution in [2.24, 2.45) is 0 Å². The van der Waals surface area contributed by atoms with Crippen LogP contribution in [0.25, 0.3) is 0 Å². The zero-order chi connectivity index (χ0) is 13.3. The first-order chi connectivity index (χ1) is 8.64. The van der Waals surface area contributed by atoms with E-state index in [0.717, 1.165) is 30.2 Å². The molecule has 1 aliphatic carbocycles. The number of hydrogen-bond donors (Lipinski definition) is 1. The predicted molar refractivity (Wildman–Crippen MR) is 80.3 cm³/mol. The molecule has 0 aromatic carbocycles. The Morgan fingerprint density at radius 1 is 1.28 bits per heavy atom. The van der Waals surface area contributed by atoms with Gasteiger partial charge in [0.2, 0.25) is 0 Å². The Labute approximate surface area is 115 Å². The van der Waals surface area contributed by atoms with Crippen LogP contribution in [0.2, 0.25) is 6.04 Å². The van der Waals surface area contributed by atoms with E-state index in [4.69, 9.17) is 0 Å². The highest BCUT2D eigenvalue weighted by atomic mass is 28.1. The van der Waals surface area contributed by atoms with E-state index in [-0.39, 0.29) is 0 Å². The summed E-state index contributed by atoms with van der Waals surface area (Å²) in [6.45, 7) is 3.38. The van der Waals surface area contributed by atoms with Gasteiger partial charge in [-0.05, 0) is 13.0 Å². The first-order valence-electron chi connectivity index (χ1n) is 6.73. The van der Waals surface area contributed by atoms with Gasteiger partial charge in [-0.3, -0.25) is 4.48 Å². The summed E-state index contributed by atoms with van der Waals surface area (Å²) >= 11 is 0. The quantitative estimate of drug-likeness (QED) is 0.306. The van der Waals surface area contributed by atoms with Crippen molar-refractivity contribution in [1.82, 2.24) is 5.32 Å². The molecule has 97 valence electrons. The lowest BCUT2D eigenvalue weighted by molar-refractivity contribution is -0.839. The van der Waals surface area contributed by atoms with Crippen LogP contribution in [-0.2, 0) is 0 Å². The minimum Gasteiger partial charge on any atom is -0.317 e. The van der Waals surface area contributed by atoms with E-state index in [2.05, 4.69) is 66.6 Å². The Balaban J connectivity index is 2.23. The summed E-state index contributed by atoms with van der Waals surface area (Å²) in [7, 11) is 7.99. The summed E-state index contributed by atoms with van der Waals surface area (Å²) < 4.78 is 0.934. The van der Waals surface area contributed by atoms with E-state index in [1.807, 2.05) is 0 Å². The van der Waals surface area contributed by atoms with Gasteiger partial charge in [0.25, 0.3) is 0 Å². The highest BCUT2D eigenvalue weighted by Gasteiger charge is 2.17. The van der Waals surface area contributed by atoms with Crippen LogP contribution >= 0.6 is 0 Å². The lowest BCUT2D eigenvalue weighted by Crippen LogP contribution is -2.36. The van der Waals surface area contributed by atoms with E-state index in [0.29, 0.717) is 0 Å². The molecule has 0 aromatic heterocycles. The molecule has 1 aliphatic rings. The Morgan fingerprint density at radius 3 is 2.72 bits per heavy atom. The van der Waals surface area contributed by atoms with E-state index in [9.17, 15) is 0 Å². The standard InChI is InChI=1S/C15H25N2Si/c1-17(2,12-6-10-16-11-7-13-18)14-15-8-4-3-5-9-15/h3-5,8-9,14,16H,6-7,10-13H2,1-2H3/q+2. The number of nitrogens with one attached hydrogen (secondary N) is 1. The molecule has 0 atom stereocenters. The minimum absolute atomic E-state index is 0.934. The van der Waals surface area contributed by atoms with Crippen molar-refractivity contribution in [2.75, 3.05) is 33.7 Å². The van der Waals surface area contributed by atoms with Gasteiger partial charge in [-0.25, -0.2) is 0 Å². The Hall–Kier alpha value is -0.773. The predicted octanol–water partition coefficient (Wildman–Crippen LogP) is 2.23. The van der Waals surface area contributed by atoms with Crippen molar-refractivity contribution in [3.63, 3.8) is 0 Å². The number of hydrogen-bond acceptors (Lipinski definition) is 1. The van der Waals surface area contributed by atoms with Crippen LogP contribution in [0.15, 0.2) is 36.1 Å². The Bertz CT molecular complexity index is 316. The van der Waals surface area contributed by atoms with Gasteiger partial charge in [0, 0.05) is 53.9 Å². The summed E-state index contributed by atoms with van der Waals surface area (Å²) in [6, 6.07) is 1.08. The second-order valence-electron chi connectivity index (χ2n) is 5.25. The molecule has 0 heterocycles. The van der Waals surface area contributed by atoms with Gasteiger partial charge < -0.3 is 5.32 Å². The molecule has 0 saturated heterocycles. The Kier molecular flexibility index (Phi) is 7.09. The second kappa shape index (κ2) is 8.35. The van der Waals surface area contributed by atoms with Crippen molar-refractivity contribution in [3.8, 4) is 0 Å². The molecule has 0 aliphatic heterocycles. The zero-order valence-corrected chi connectivity index (χ0v) is 12.7. The van der Waals surface area contributed by atoms with Crippen molar-refractivity contribution in [1.29, 1.82) is 0 Å². The molecule has 3 radical (unpaired) electrons. The van der Waals surface area contributed by atoms with Gasteiger partial charge in [0.05, 0.1) is 20.6 Å². The fourth-order valence-electron chi connectivity index (χ4n) is 1.96. The summed E-state index contributed by atoms with van der Waals surface area (Å²) in [5, 5.41) is 3.47. The molecule has 1 rings (SSSR count). The number of rotatable bonds is 8. The first kappa shape index (κ1) is 15.3. The second-order valence-corrected chi connectivity index (χ2v) is 5.75. The van der Waals surface area contributed by atoms with E-state index in [1.165, 1.54) is 18.4 Å². The van der Waals surface area contributed by atoms with Gasteiger partial charge in [0.1, 0.15) is 5.57 Å². The maximum absolute atomic E-state index is 3.48. The molecule has 3 heteroatoms. The fraction of sp³-hybridized carbons (Fsp3) is 0.533. The average molecular weight is 261 g/mol. The molecule has 2 nitrogen and oxygen atoms in total. The third-order valence-electron chi connectivity index (χ3n) is 2.92. The van der Waals surface area contributed by atoms with Crippen LogP contribution in [0, 0.1) is 6.42 Å². The molecular formula is C15H25N2Si+2. The van der Waals surface area contributed by atoms with Gasteiger partial charge in [0.15, 0.2) is 6.20 Å². The molecule has 0 bridgehead atoms. The van der Waals surface area contributed by atoms with Gasteiger partial charge >= 0.3 is 0 Å². The third-order valence-corrected chi connectivity index (χ3v) is 3.27. The highest BCUT2D eigenvalue weighted by Crippen LogP contribution is 2.13. The maximum atomic E-state index is 3.48. The molecule has 18 heavy (non-hydrogen) atoms. The SMILES string of the molecule is C[N+](C)(C=C1C=CC=C[CH+]1)CCCNCCC[Si]. The van der Waals surface area contributed by atoms with Crippen LogP contribution in [0.3, 0.4) is 0 Å². The van der Waals surface area contributed by atoms with Crippen LogP contribution in [0.1, 0.15) is 12.8 Å². The molecule has 1 N–H and O–H groups in total. The summed E-state index contributed by atoms with van der Waals surface area (Å²) in [5.74, 6) is 0. The average Bonchev–Trinajstić information content (AvgIpc) is 2.34. The van der Waals surface area contributed by atoms with Crippen molar-refractivity contribution in [2.45, 2.75) is 18.9 Å². The third kappa shape index (κ3) is 6.84. The molecule has 0 unspecified atom stereocenters. The van der Waals surface area contributed by atoms with Gasteiger partial charge in [-0.15, -0.1) is 0 Å². The van der Waals surface area contributed by atoms with Crippen molar-refractivity contribution >= 4 is 10.2 Å². The summed E-state index contributed by atoms with van der Waals surface area (Å²) in [5.41, 5.74) is 1.30. The van der Waals surface area contributed by atoms with Gasteiger partial charge in [-0.1, -0.05) is 6.04 Å². The lowest BCUT2D eigenvalue weighted by Gasteiger charge is -2.23.